The van der Waals surface area contributed by atoms with Gasteiger partial charge in [0.1, 0.15) is 5.75 Å². The molecule has 1 saturated heterocycles. The van der Waals surface area contributed by atoms with Gasteiger partial charge in [-0.05, 0) is 61.2 Å². The lowest BCUT2D eigenvalue weighted by Crippen LogP contribution is -2.46. The van der Waals surface area contributed by atoms with E-state index in [1.54, 1.807) is 7.11 Å². The number of fused-ring (bicyclic) bond motifs is 1. The van der Waals surface area contributed by atoms with Gasteiger partial charge in [-0.25, -0.2) is 0 Å². The lowest BCUT2D eigenvalue weighted by Gasteiger charge is -2.42. The Bertz CT molecular complexity index is 488. The van der Waals surface area contributed by atoms with Crippen molar-refractivity contribution in [1.29, 1.82) is 0 Å². The molecule has 2 atom stereocenters. The van der Waals surface area contributed by atoms with Gasteiger partial charge in [0, 0.05) is 18.8 Å². The van der Waals surface area contributed by atoms with E-state index in [4.69, 9.17) is 17.0 Å². The molecule has 2 fully saturated rings. The molecule has 2 aliphatic rings. The Kier molecular flexibility index (Phi) is 4.63. The lowest BCUT2D eigenvalue weighted by molar-refractivity contribution is 0.131. The van der Waals surface area contributed by atoms with E-state index in [0.29, 0.717) is 0 Å². The number of piperidine rings is 1. The van der Waals surface area contributed by atoms with Crippen LogP contribution in [-0.2, 0) is 0 Å². The monoisotopic (exact) mass is 304 g/mol. The zero-order chi connectivity index (χ0) is 14.7. The summed E-state index contributed by atoms with van der Waals surface area (Å²) in [7, 11) is 1.68. The number of nitrogens with zero attached hydrogens (tertiary/aromatic N) is 1. The lowest BCUT2D eigenvalue weighted by atomic mass is 9.75. The van der Waals surface area contributed by atoms with Crippen LogP contribution in [0.3, 0.4) is 0 Å². The van der Waals surface area contributed by atoms with Crippen LogP contribution in [0.25, 0.3) is 0 Å². The Morgan fingerprint density at radius 2 is 1.86 bits per heavy atom. The molecule has 0 unspecified atom stereocenters. The third-order valence-electron chi connectivity index (χ3n) is 4.92. The summed E-state index contributed by atoms with van der Waals surface area (Å²) in [6.45, 7) is 2.23. The zero-order valence-electron chi connectivity index (χ0n) is 12.7. The van der Waals surface area contributed by atoms with Gasteiger partial charge in [0.2, 0.25) is 0 Å². The number of hydrogen-bond acceptors (Lipinski definition) is 2. The van der Waals surface area contributed by atoms with Gasteiger partial charge < -0.3 is 15.0 Å². The summed E-state index contributed by atoms with van der Waals surface area (Å²) in [5, 5.41) is 4.23. The molecule has 3 nitrogen and oxygen atoms in total. The Hall–Kier alpha value is -1.29. The zero-order valence-corrected chi connectivity index (χ0v) is 13.5. The van der Waals surface area contributed by atoms with Crippen LogP contribution in [0.15, 0.2) is 24.3 Å². The maximum Gasteiger partial charge on any atom is 0.173 e. The molecule has 0 bridgehead atoms. The number of likely N-dealkylation sites (tertiary alicyclic amines) is 1. The molecule has 0 amide bonds. The Labute approximate surface area is 132 Å². The summed E-state index contributed by atoms with van der Waals surface area (Å²) in [6.07, 6.45) is 6.93. The highest BCUT2D eigenvalue weighted by molar-refractivity contribution is 7.80. The Morgan fingerprint density at radius 3 is 2.57 bits per heavy atom. The molecule has 0 spiro atoms. The minimum Gasteiger partial charge on any atom is -0.497 e. The summed E-state index contributed by atoms with van der Waals surface area (Å²) >= 11 is 5.59. The third kappa shape index (κ3) is 3.49. The van der Waals surface area contributed by atoms with E-state index in [9.17, 15) is 0 Å². The normalized spacial score (nSPS) is 25.1. The molecule has 4 heteroatoms. The van der Waals surface area contributed by atoms with E-state index in [2.05, 4.69) is 10.2 Å². The summed E-state index contributed by atoms with van der Waals surface area (Å²) < 4.78 is 5.18. The first kappa shape index (κ1) is 14.6. The van der Waals surface area contributed by atoms with Crippen LogP contribution < -0.4 is 10.1 Å². The molecule has 1 saturated carbocycles. The van der Waals surface area contributed by atoms with Crippen molar-refractivity contribution >= 4 is 23.0 Å². The fraction of sp³-hybridized carbons (Fsp3) is 0.588. The first-order chi connectivity index (χ1) is 10.3. The maximum absolute atomic E-state index is 5.59. The van der Waals surface area contributed by atoms with Crippen LogP contribution in [0.4, 0.5) is 5.69 Å². The van der Waals surface area contributed by atoms with E-state index in [0.717, 1.165) is 41.5 Å². The minimum absolute atomic E-state index is 0.850. The van der Waals surface area contributed by atoms with E-state index >= 15 is 0 Å². The summed E-state index contributed by atoms with van der Waals surface area (Å²) in [4.78, 5) is 2.35. The van der Waals surface area contributed by atoms with Gasteiger partial charge in [-0.15, -0.1) is 0 Å². The fourth-order valence-corrected chi connectivity index (χ4v) is 3.95. The summed E-state index contributed by atoms with van der Waals surface area (Å²) in [6, 6.07) is 7.94. The predicted octanol–water partition coefficient (Wildman–Crippen LogP) is 3.90. The van der Waals surface area contributed by atoms with Gasteiger partial charge in [0.05, 0.1) is 7.11 Å². The molecule has 21 heavy (non-hydrogen) atoms. The second-order valence-corrected chi connectivity index (χ2v) is 6.58. The van der Waals surface area contributed by atoms with E-state index in [1.165, 1.54) is 32.1 Å². The van der Waals surface area contributed by atoms with E-state index in [-0.39, 0.29) is 0 Å². The number of anilines is 1. The van der Waals surface area contributed by atoms with E-state index in [1.807, 2.05) is 24.3 Å². The largest absolute Gasteiger partial charge is 0.497 e. The highest BCUT2D eigenvalue weighted by Gasteiger charge is 2.31. The summed E-state index contributed by atoms with van der Waals surface area (Å²) in [5.74, 6) is 2.66. The van der Waals surface area contributed by atoms with Crippen LogP contribution >= 0.6 is 12.2 Å². The van der Waals surface area contributed by atoms with E-state index < -0.39 is 0 Å². The van der Waals surface area contributed by atoms with Crippen molar-refractivity contribution in [3.05, 3.63) is 24.3 Å². The van der Waals surface area contributed by atoms with Crippen LogP contribution in [0.2, 0.25) is 0 Å². The number of ether oxygens (including phenoxy) is 1. The standard InChI is InChI=1S/C17H24N2OS/c1-20-16-8-6-15(7-9-16)18-17(21)19-11-10-13-4-2-3-5-14(13)12-19/h6-9,13-14H,2-5,10-12H2,1H3,(H,18,21)/t13-,14+/m1/s1. The second-order valence-electron chi connectivity index (χ2n) is 6.20. The number of nitrogens with one attached hydrogen (secondary N) is 1. The Balaban J connectivity index is 1.57. The number of rotatable bonds is 2. The average Bonchev–Trinajstić information content (AvgIpc) is 2.55. The van der Waals surface area contributed by atoms with Crippen molar-refractivity contribution in [3.63, 3.8) is 0 Å². The number of benzene rings is 1. The number of methoxy groups -OCH3 is 1. The smallest absolute Gasteiger partial charge is 0.173 e. The molecule has 1 aromatic carbocycles. The van der Waals surface area contributed by atoms with Crippen LogP contribution in [-0.4, -0.2) is 30.2 Å². The van der Waals surface area contributed by atoms with Gasteiger partial charge >= 0.3 is 0 Å². The molecule has 0 aromatic heterocycles. The first-order valence-corrected chi connectivity index (χ1v) is 8.37. The van der Waals surface area contributed by atoms with Crippen LogP contribution in [0.1, 0.15) is 32.1 Å². The maximum atomic E-state index is 5.59. The van der Waals surface area contributed by atoms with Gasteiger partial charge in [0.15, 0.2) is 5.11 Å². The molecule has 1 N–H and O–H groups in total. The van der Waals surface area contributed by atoms with Gasteiger partial charge in [-0.2, -0.15) is 0 Å². The minimum atomic E-state index is 0.850. The molecule has 1 heterocycles. The fourth-order valence-electron chi connectivity index (χ4n) is 3.66. The summed E-state index contributed by atoms with van der Waals surface area (Å²) in [5.41, 5.74) is 1.03. The first-order valence-electron chi connectivity index (χ1n) is 7.96. The molecule has 114 valence electrons. The third-order valence-corrected chi connectivity index (χ3v) is 5.28. The van der Waals surface area contributed by atoms with Gasteiger partial charge in [-0.1, -0.05) is 19.3 Å². The molecule has 1 aliphatic heterocycles. The second kappa shape index (κ2) is 6.65. The topological polar surface area (TPSA) is 24.5 Å². The van der Waals surface area contributed by atoms with Crippen molar-refractivity contribution in [2.45, 2.75) is 32.1 Å². The molecule has 3 rings (SSSR count). The average molecular weight is 304 g/mol. The van der Waals surface area contributed by atoms with Crippen molar-refractivity contribution in [3.8, 4) is 5.75 Å². The highest BCUT2D eigenvalue weighted by atomic mass is 32.1. The quantitative estimate of drug-likeness (QED) is 0.837. The molecule has 1 aliphatic carbocycles. The van der Waals surface area contributed by atoms with Gasteiger partial charge in [0.25, 0.3) is 0 Å². The SMILES string of the molecule is COc1ccc(NC(=S)N2CC[C@H]3CCCC[C@H]3C2)cc1. The van der Waals surface area contributed by atoms with Crippen molar-refractivity contribution in [2.75, 3.05) is 25.5 Å². The van der Waals surface area contributed by atoms with Crippen molar-refractivity contribution < 1.29 is 4.74 Å². The molecule has 0 radical (unpaired) electrons. The predicted molar refractivity (Wildman–Crippen MR) is 90.9 cm³/mol. The highest BCUT2D eigenvalue weighted by Crippen LogP contribution is 2.36. The molecular weight excluding hydrogens is 280 g/mol. The molecular formula is C17H24N2OS. The van der Waals surface area contributed by atoms with Crippen molar-refractivity contribution in [2.24, 2.45) is 11.8 Å². The van der Waals surface area contributed by atoms with Gasteiger partial charge in [-0.3, -0.25) is 0 Å². The molecule has 1 aromatic rings. The Morgan fingerprint density at radius 1 is 1.14 bits per heavy atom. The van der Waals surface area contributed by atoms with Crippen LogP contribution in [0.5, 0.6) is 5.75 Å². The van der Waals surface area contributed by atoms with Crippen molar-refractivity contribution in [1.82, 2.24) is 4.90 Å². The number of thiocarbonyl (C=S) groups is 1. The number of hydrogen-bond donors (Lipinski definition) is 1. The van der Waals surface area contributed by atoms with Crippen LogP contribution in [0, 0.1) is 11.8 Å².